The molecule has 1 aliphatic rings. The van der Waals surface area contributed by atoms with Gasteiger partial charge in [-0.25, -0.2) is 0 Å². The molecule has 1 saturated heterocycles. The van der Waals surface area contributed by atoms with Crippen LogP contribution in [0.25, 0.3) is 0 Å². The van der Waals surface area contributed by atoms with E-state index in [4.69, 9.17) is 21.1 Å². The van der Waals surface area contributed by atoms with Gasteiger partial charge in [0.05, 0.1) is 11.5 Å². The van der Waals surface area contributed by atoms with Gasteiger partial charge in [-0.15, -0.1) is 0 Å². The van der Waals surface area contributed by atoms with E-state index in [2.05, 4.69) is 5.32 Å². The molecule has 0 aromatic heterocycles. The zero-order chi connectivity index (χ0) is 14.6. The number of hydrogen-bond acceptors (Lipinski definition) is 5. The molecule has 1 aliphatic heterocycles. The van der Waals surface area contributed by atoms with Crippen LogP contribution in [0.15, 0.2) is 18.2 Å². The summed E-state index contributed by atoms with van der Waals surface area (Å²) in [6.07, 6.45) is 0.833. The third-order valence-corrected chi connectivity index (χ3v) is 3.87. The molecule has 0 radical (unpaired) electrons. The lowest BCUT2D eigenvalue weighted by atomic mass is 10.0. The minimum absolute atomic E-state index is 0.0388. The first-order valence-corrected chi connectivity index (χ1v) is 6.70. The highest BCUT2D eigenvalue weighted by Crippen LogP contribution is 2.24. The Hall–Kier alpha value is -1.21. The average molecular weight is 301 g/mol. The van der Waals surface area contributed by atoms with Crippen LogP contribution in [0.4, 0.5) is 5.69 Å². The second-order valence-corrected chi connectivity index (χ2v) is 5.23. The molecular formula is C13H17ClN2O4. The van der Waals surface area contributed by atoms with E-state index in [1.807, 2.05) is 0 Å². The van der Waals surface area contributed by atoms with Crippen molar-refractivity contribution < 1.29 is 14.4 Å². The third kappa shape index (κ3) is 3.46. The van der Waals surface area contributed by atoms with Crippen molar-refractivity contribution in [3.05, 3.63) is 38.9 Å². The summed E-state index contributed by atoms with van der Waals surface area (Å²) < 4.78 is 10.8. The van der Waals surface area contributed by atoms with Crippen LogP contribution in [-0.2, 0) is 16.0 Å². The van der Waals surface area contributed by atoms with E-state index in [0.717, 1.165) is 6.42 Å². The van der Waals surface area contributed by atoms with Crippen molar-refractivity contribution in [1.29, 1.82) is 0 Å². The van der Waals surface area contributed by atoms with Crippen molar-refractivity contribution in [2.75, 3.05) is 26.9 Å². The maximum atomic E-state index is 10.8. The normalized spacial score (nSPS) is 22.1. The fourth-order valence-electron chi connectivity index (χ4n) is 2.20. The van der Waals surface area contributed by atoms with Gasteiger partial charge in [-0.1, -0.05) is 11.6 Å². The highest BCUT2D eigenvalue weighted by atomic mass is 35.5. The lowest BCUT2D eigenvalue weighted by molar-refractivity contribution is -0.384. The number of nitro benzene ring substituents is 1. The Morgan fingerprint density at radius 2 is 2.40 bits per heavy atom. The first-order valence-electron chi connectivity index (χ1n) is 6.33. The quantitative estimate of drug-likeness (QED) is 0.643. The van der Waals surface area contributed by atoms with Crippen LogP contribution in [0.5, 0.6) is 0 Å². The Morgan fingerprint density at radius 3 is 3.00 bits per heavy atom. The number of non-ortho nitro benzene ring substituents is 1. The molecule has 1 N–H and O–H groups in total. The van der Waals surface area contributed by atoms with Crippen LogP contribution in [-0.4, -0.2) is 37.4 Å². The third-order valence-electron chi connectivity index (χ3n) is 3.50. The van der Waals surface area contributed by atoms with Crippen molar-refractivity contribution in [1.82, 2.24) is 5.32 Å². The minimum Gasteiger partial charge on any atom is -0.378 e. The van der Waals surface area contributed by atoms with E-state index in [9.17, 15) is 10.1 Å². The molecule has 1 aromatic rings. The van der Waals surface area contributed by atoms with Gasteiger partial charge in [-0.05, 0) is 11.6 Å². The summed E-state index contributed by atoms with van der Waals surface area (Å²) in [5, 5.41) is 14.5. The standard InChI is InChI=1S/C13H17ClN2O4/c1-19-13(4-5-20-9-13)8-15-7-10-6-11(16(17)18)2-3-12(10)14/h2-3,6,15H,4-5,7-9H2,1H3. The first-order chi connectivity index (χ1) is 9.56. The molecule has 0 spiro atoms. The molecule has 110 valence electrons. The molecule has 1 unspecified atom stereocenters. The molecular weight excluding hydrogens is 284 g/mol. The molecule has 6 nitrogen and oxygen atoms in total. The molecule has 1 fully saturated rings. The van der Waals surface area contributed by atoms with Crippen molar-refractivity contribution in [3.63, 3.8) is 0 Å². The van der Waals surface area contributed by atoms with E-state index >= 15 is 0 Å². The van der Waals surface area contributed by atoms with Gasteiger partial charge in [0.25, 0.3) is 5.69 Å². The van der Waals surface area contributed by atoms with E-state index in [1.165, 1.54) is 12.1 Å². The Labute approximate surface area is 122 Å². The fourth-order valence-corrected chi connectivity index (χ4v) is 2.38. The summed E-state index contributed by atoms with van der Waals surface area (Å²) in [4.78, 5) is 10.3. The molecule has 1 atom stereocenters. The van der Waals surface area contributed by atoms with Gasteiger partial charge in [0.2, 0.25) is 0 Å². The molecule has 0 aliphatic carbocycles. The monoisotopic (exact) mass is 300 g/mol. The van der Waals surface area contributed by atoms with Gasteiger partial charge >= 0.3 is 0 Å². The van der Waals surface area contributed by atoms with Gasteiger partial charge in [0.15, 0.2) is 0 Å². The van der Waals surface area contributed by atoms with Crippen LogP contribution < -0.4 is 5.32 Å². The van der Waals surface area contributed by atoms with Crippen molar-refractivity contribution in [3.8, 4) is 0 Å². The smallest absolute Gasteiger partial charge is 0.269 e. The number of halogens is 1. The summed E-state index contributed by atoms with van der Waals surface area (Å²) in [7, 11) is 1.66. The van der Waals surface area contributed by atoms with Crippen molar-refractivity contribution >= 4 is 17.3 Å². The van der Waals surface area contributed by atoms with Crippen LogP contribution in [0.2, 0.25) is 5.02 Å². The van der Waals surface area contributed by atoms with E-state index in [1.54, 1.807) is 13.2 Å². The number of rotatable bonds is 6. The van der Waals surface area contributed by atoms with Gasteiger partial charge in [0, 0.05) is 50.4 Å². The van der Waals surface area contributed by atoms with Gasteiger partial charge in [-0.2, -0.15) is 0 Å². The number of nitro groups is 1. The predicted octanol–water partition coefficient (Wildman–Crippen LogP) is 2.14. The molecule has 1 heterocycles. The zero-order valence-corrected chi connectivity index (χ0v) is 12.0. The molecule has 0 saturated carbocycles. The van der Waals surface area contributed by atoms with E-state index in [0.29, 0.717) is 36.9 Å². The first kappa shape index (κ1) is 15.2. The highest BCUT2D eigenvalue weighted by molar-refractivity contribution is 6.31. The second kappa shape index (κ2) is 6.49. The SMILES string of the molecule is COC1(CNCc2cc([N+](=O)[O-])ccc2Cl)CCOC1. The summed E-state index contributed by atoms with van der Waals surface area (Å²) in [6.45, 7) is 2.31. The summed E-state index contributed by atoms with van der Waals surface area (Å²) in [6, 6.07) is 4.43. The van der Waals surface area contributed by atoms with E-state index in [-0.39, 0.29) is 11.3 Å². The highest BCUT2D eigenvalue weighted by Gasteiger charge is 2.34. The largest absolute Gasteiger partial charge is 0.378 e. The lowest BCUT2D eigenvalue weighted by Gasteiger charge is -2.26. The second-order valence-electron chi connectivity index (χ2n) is 4.83. The number of methoxy groups -OCH3 is 1. The maximum absolute atomic E-state index is 10.8. The number of hydrogen-bond donors (Lipinski definition) is 1. The Balaban J connectivity index is 1.96. The maximum Gasteiger partial charge on any atom is 0.269 e. The van der Waals surface area contributed by atoms with Crippen molar-refractivity contribution in [2.24, 2.45) is 0 Å². The average Bonchev–Trinajstić information content (AvgIpc) is 2.90. The van der Waals surface area contributed by atoms with Crippen LogP contribution in [0.3, 0.4) is 0 Å². The van der Waals surface area contributed by atoms with E-state index < -0.39 is 4.92 Å². The molecule has 2 rings (SSSR count). The summed E-state index contributed by atoms with van der Waals surface area (Å²) in [5.41, 5.74) is 0.426. The topological polar surface area (TPSA) is 73.6 Å². The van der Waals surface area contributed by atoms with Crippen LogP contribution in [0, 0.1) is 10.1 Å². The molecule has 20 heavy (non-hydrogen) atoms. The number of ether oxygens (including phenoxy) is 2. The summed E-state index contributed by atoms with van der Waals surface area (Å²) in [5.74, 6) is 0. The number of nitrogens with one attached hydrogen (secondary N) is 1. The number of benzene rings is 1. The van der Waals surface area contributed by atoms with Crippen LogP contribution >= 0.6 is 11.6 Å². The zero-order valence-electron chi connectivity index (χ0n) is 11.2. The Morgan fingerprint density at radius 1 is 1.60 bits per heavy atom. The molecule has 1 aromatic carbocycles. The number of nitrogens with zero attached hydrogens (tertiary/aromatic N) is 1. The molecule has 0 bridgehead atoms. The molecule has 7 heteroatoms. The predicted molar refractivity (Wildman–Crippen MR) is 75.0 cm³/mol. The van der Waals surface area contributed by atoms with Gasteiger partial charge in [0.1, 0.15) is 5.60 Å². The molecule has 0 amide bonds. The fraction of sp³-hybridized carbons (Fsp3) is 0.538. The Kier molecular flexibility index (Phi) is 4.93. The van der Waals surface area contributed by atoms with Gasteiger partial charge in [-0.3, -0.25) is 10.1 Å². The minimum atomic E-state index is -0.429. The summed E-state index contributed by atoms with van der Waals surface area (Å²) >= 11 is 6.05. The van der Waals surface area contributed by atoms with Crippen LogP contribution in [0.1, 0.15) is 12.0 Å². The Bertz CT molecular complexity index is 489. The van der Waals surface area contributed by atoms with Crippen molar-refractivity contribution in [2.45, 2.75) is 18.6 Å². The van der Waals surface area contributed by atoms with Gasteiger partial charge < -0.3 is 14.8 Å². The lowest BCUT2D eigenvalue weighted by Crippen LogP contribution is -2.42.